The van der Waals surface area contributed by atoms with Crippen molar-refractivity contribution in [2.24, 2.45) is 0 Å². The molecule has 5 nitrogen and oxygen atoms in total. The quantitative estimate of drug-likeness (QED) is 0.528. The normalized spacial score (nSPS) is 13.1. The Balaban J connectivity index is 1.62. The van der Waals surface area contributed by atoms with Crippen molar-refractivity contribution in [3.63, 3.8) is 0 Å². The van der Waals surface area contributed by atoms with Gasteiger partial charge in [-0.3, -0.25) is 9.59 Å². The molecule has 158 valence electrons. The lowest BCUT2D eigenvalue weighted by molar-refractivity contribution is -0.128. The SMILES string of the molecule is CC(=O)NC(Cc1c[nH]c2ccccc12)C(=O)NC(C)CCc1ccc(F)c(F)c1. The first-order valence-electron chi connectivity index (χ1n) is 9.90. The Hall–Kier alpha value is -3.22. The minimum atomic E-state index is -0.881. The summed E-state index contributed by atoms with van der Waals surface area (Å²) in [6.07, 6.45) is 3.24. The van der Waals surface area contributed by atoms with Crippen molar-refractivity contribution in [2.75, 3.05) is 0 Å². The van der Waals surface area contributed by atoms with E-state index in [0.717, 1.165) is 22.5 Å². The molecule has 2 aromatic carbocycles. The Kier molecular flexibility index (Phi) is 6.82. The van der Waals surface area contributed by atoms with E-state index in [1.807, 2.05) is 37.4 Å². The lowest BCUT2D eigenvalue weighted by Gasteiger charge is -2.21. The lowest BCUT2D eigenvalue weighted by Crippen LogP contribution is -2.49. The summed E-state index contributed by atoms with van der Waals surface area (Å²) in [6, 6.07) is 10.6. The summed E-state index contributed by atoms with van der Waals surface area (Å²) in [7, 11) is 0. The van der Waals surface area contributed by atoms with Crippen LogP contribution >= 0.6 is 0 Å². The fraction of sp³-hybridized carbons (Fsp3) is 0.304. The third kappa shape index (κ3) is 5.43. The molecule has 2 amide bonds. The smallest absolute Gasteiger partial charge is 0.243 e. The standard InChI is InChI=1S/C23H25F2N3O2/c1-14(7-8-16-9-10-19(24)20(25)11-16)27-23(30)22(28-15(2)29)12-17-13-26-21-6-4-3-5-18(17)21/h3-6,9-11,13-14,22,26H,7-8,12H2,1-2H3,(H,27,30)(H,28,29). The Morgan fingerprint density at radius 3 is 2.57 bits per heavy atom. The summed E-state index contributed by atoms with van der Waals surface area (Å²) < 4.78 is 26.4. The Bertz CT molecular complexity index is 1050. The number of para-hydroxylation sites is 1. The number of carbonyl (C=O) groups is 2. The molecule has 3 N–H and O–H groups in total. The number of hydrogen-bond acceptors (Lipinski definition) is 2. The molecule has 0 fully saturated rings. The van der Waals surface area contributed by atoms with Gasteiger partial charge in [-0.15, -0.1) is 0 Å². The molecule has 0 radical (unpaired) electrons. The molecule has 30 heavy (non-hydrogen) atoms. The molecule has 0 aliphatic rings. The van der Waals surface area contributed by atoms with Gasteiger partial charge in [-0.25, -0.2) is 8.78 Å². The van der Waals surface area contributed by atoms with Crippen molar-refractivity contribution in [3.05, 3.63) is 71.4 Å². The first-order chi connectivity index (χ1) is 14.3. The highest BCUT2D eigenvalue weighted by atomic mass is 19.2. The van der Waals surface area contributed by atoms with Crippen molar-refractivity contribution in [1.82, 2.24) is 15.6 Å². The van der Waals surface area contributed by atoms with Crippen molar-refractivity contribution >= 4 is 22.7 Å². The van der Waals surface area contributed by atoms with Crippen LogP contribution in [0.15, 0.2) is 48.7 Å². The zero-order chi connectivity index (χ0) is 21.7. The number of hydrogen-bond donors (Lipinski definition) is 3. The molecule has 3 aromatic rings. The highest BCUT2D eigenvalue weighted by Gasteiger charge is 2.22. The maximum atomic E-state index is 13.3. The summed E-state index contributed by atoms with van der Waals surface area (Å²) in [4.78, 5) is 27.6. The number of nitrogens with one attached hydrogen (secondary N) is 3. The minimum absolute atomic E-state index is 0.204. The average Bonchev–Trinajstić information content (AvgIpc) is 3.11. The zero-order valence-corrected chi connectivity index (χ0v) is 17.0. The summed E-state index contributed by atoms with van der Waals surface area (Å²) in [5, 5.41) is 6.64. The second-order valence-corrected chi connectivity index (χ2v) is 7.51. The van der Waals surface area contributed by atoms with E-state index in [4.69, 9.17) is 0 Å². The van der Waals surface area contributed by atoms with Gasteiger partial charge < -0.3 is 15.6 Å². The van der Waals surface area contributed by atoms with Gasteiger partial charge in [0.05, 0.1) is 0 Å². The third-order valence-electron chi connectivity index (χ3n) is 5.03. The topological polar surface area (TPSA) is 74.0 Å². The van der Waals surface area contributed by atoms with E-state index >= 15 is 0 Å². The van der Waals surface area contributed by atoms with Crippen molar-refractivity contribution in [2.45, 2.75) is 45.2 Å². The fourth-order valence-corrected chi connectivity index (χ4v) is 3.47. The lowest BCUT2D eigenvalue weighted by atomic mass is 10.0. The number of aryl methyl sites for hydroxylation is 1. The molecular weight excluding hydrogens is 388 g/mol. The van der Waals surface area contributed by atoms with Gasteiger partial charge in [-0.2, -0.15) is 0 Å². The average molecular weight is 413 g/mol. The van der Waals surface area contributed by atoms with Gasteiger partial charge in [0.25, 0.3) is 0 Å². The van der Waals surface area contributed by atoms with E-state index < -0.39 is 17.7 Å². The van der Waals surface area contributed by atoms with Crippen LogP contribution in [0.2, 0.25) is 0 Å². The van der Waals surface area contributed by atoms with E-state index in [1.54, 1.807) is 0 Å². The third-order valence-corrected chi connectivity index (χ3v) is 5.03. The second-order valence-electron chi connectivity index (χ2n) is 7.51. The highest BCUT2D eigenvalue weighted by molar-refractivity contribution is 5.89. The van der Waals surface area contributed by atoms with Crippen LogP contribution < -0.4 is 10.6 Å². The molecule has 0 aliphatic carbocycles. The monoisotopic (exact) mass is 413 g/mol. The number of fused-ring (bicyclic) bond motifs is 1. The van der Waals surface area contributed by atoms with Gasteiger partial charge in [0.15, 0.2) is 11.6 Å². The summed E-state index contributed by atoms with van der Waals surface area (Å²) >= 11 is 0. The van der Waals surface area contributed by atoms with Crippen LogP contribution in [0.3, 0.4) is 0 Å². The van der Waals surface area contributed by atoms with Crippen molar-refractivity contribution in [3.8, 4) is 0 Å². The molecule has 2 unspecified atom stereocenters. The fourth-order valence-electron chi connectivity index (χ4n) is 3.47. The summed E-state index contributed by atoms with van der Waals surface area (Å²) in [5.74, 6) is -2.33. The Labute approximate surface area is 173 Å². The van der Waals surface area contributed by atoms with Crippen LogP contribution in [0.25, 0.3) is 10.9 Å². The zero-order valence-electron chi connectivity index (χ0n) is 17.0. The maximum Gasteiger partial charge on any atom is 0.243 e. The number of benzene rings is 2. The van der Waals surface area contributed by atoms with Crippen LogP contribution in [-0.4, -0.2) is 28.9 Å². The van der Waals surface area contributed by atoms with Crippen LogP contribution in [0.5, 0.6) is 0 Å². The minimum Gasteiger partial charge on any atom is -0.361 e. The van der Waals surface area contributed by atoms with Crippen molar-refractivity contribution in [1.29, 1.82) is 0 Å². The van der Waals surface area contributed by atoms with Gasteiger partial charge in [-0.05, 0) is 49.1 Å². The van der Waals surface area contributed by atoms with Crippen LogP contribution in [0.4, 0.5) is 8.78 Å². The molecular formula is C23H25F2N3O2. The van der Waals surface area contributed by atoms with E-state index in [9.17, 15) is 18.4 Å². The molecule has 0 spiro atoms. The molecule has 7 heteroatoms. The predicted octanol–water partition coefficient (Wildman–Crippen LogP) is 3.63. The first kappa shape index (κ1) is 21.5. The molecule has 3 rings (SSSR count). The summed E-state index contributed by atoms with van der Waals surface area (Å²) in [6.45, 7) is 3.22. The number of aromatic amines is 1. The Morgan fingerprint density at radius 2 is 1.83 bits per heavy atom. The number of H-pyrrole nitrogens is 1. The van der Waals surface area contributed by atoms with Gasteiger partial charge in [-0.1, -0.05) is 24.3 Å². The molecule has 2 atom stereocenters. The maximum absolute atomic E-state index is 13.3. The largest absolute Gasteiger partial charge is 0.361 e. The van der Waals surface area contributed by atoms with Crippen LogP contribution in [0, 0.1) is 11.6 Å². The van der Waals surface area contributed by atoms with Crippen LogP contribution in [0.1, 0.15) is 31.4 Å². The number of aromatic nitrogens is 1. The second kappa shape index (κ2) is 9.52. The molecule has 1 heterocycles. The molecule has 1 aromatic heterocycles. The van der Waals surface area contributed by atoms with Gasteiger partial charge in [0, 0.05) is 36.5 Å². The number of carbonyl (C=O) groups excluding carboxylic acids is 2. The number of rotatable bonds is 8. The molecule has 0 saturated heterocycles. The van der Waals surface area contributed by atoms with E-state index in [2.05, 4.69) is 15.6 Å². The first-order valence-corrected chi connectivity index (χ1v) is 9.90. The number of amides is 2. The van der Waals surface area contributed by atoms with Gasteiger partial charge in [0.1, 0.15) is 6.04 Å². The van der Waals surface area contributed by atoms with E-state index in [1.165, 1.54) is 19.1 Å². The summed E-state index contributed by atoms with van der Waals surface area (Å²) in [5.41, 5.74) is 2.57. The molecule has 0 saturated carbocycles. The van der Waals surface area contributed by atoms with Crippen LogP contribution in [-0.2, 0) is 22.4 Å². The van der Waals surface area contributed by atoms with E-state index in [0.29, 0.717) is 24.8 Å². The molecule has 0 bridgehead atoms. The van der Waals surface area contributed by atoms with Crippen molar-refractivity contribution < 1.29 is 18.4 Å². The number of halogens is 2. The molecule has 0 aliphatic heterocycles. The Morgan fingerprint density at radius 1 is 1.07 bits per heavy atom. The van der Waals surface area contributed by atoms with E-state index in [-0.39, 0.29) is 17.9 Å². The van der Waals surface area contributed by atoms with Gasteiger partial charge >= 0.3 is 0 Å². The predicted molar refractivity (Wildman–Crippen MR) is 112 cm³/mol. The highest BCUT2D eigenvalue weighted by Crippen LogP contribution is 2.19. The van der Waals surface area contributed by atoms with Gasteiger partial charge in [0.2, 0.25) is 11.8 Å².